The van der Waals surface area contributed by atoms with Crippen LogP contribution in [0.1, 0.15) is 6.42 Å². The maximum absolute atomic E-state index is 5.36. The van der Waals surface area contributed by atoms with Crippen molar-refractivity contribution in [2.75, 3.05) is 33.7 Å². The van der Waals surface area contributed by atoms with Crippen molar-refractivity contribution in [3.05, 3.63) is 0 Å². The highest BCUT2D eigenvalue weighted by atomic mass is 15.3. The van der Waals surface area contributed by atoms with Crippen LogP contribution in [0.4, 0.5) is 0 Å². The van der Waals surface area contributed by atoms with Crippen molar-refractivity contribution in [2.45, 2.75) is 18.5 Å². The molecular weight excluding hydrogens is 176 g/mol. The summed E-state index contributed by atoms with van der Waals surface area (Å²) in [6, 6.07) is 0.486. The van der Waals surface area contributed by atoms with Gasteiger partial charge in [-0.05, 0) is 20.5 Å². The zero-order valence-corrected chi connectivity index (χ0v) is 9.03. The Bertz CT molecular complexity index is 211. The van der Waals surface area contributed by atoms with Gasteiger partial charge in [0.15, 0.2) is 0 Å². The van der Waals surface area contributed by atoms with Gasteiger partial charge >= 0.3 is 0 Å². The van der Waals surface area contributed by atoms with Crippen molar-refractivity contribution in [2.24, 2.45) is 5.84 Å². The van der Waals surface area contributed by atoms with E-state index in [0.29, 0.717) is 6.04 Å². The normalized spacial score (nSPS) is 27.1. The lowest BCUT2D eigenvalue weighted by atomic mass is 10.0. The fourth-order valence-electron chi connectivity index (χ4n) is 1.81. The van der Waals surface area contributed by atoms with Gasteiger partial charge in [0.05, 0.1) is 6.04 Å². The number of piperazine rings is 1. The van der Waals surface area contributed by atoms with E-state index in [4.69, 9.17) is 12.3 Å². The summed E-state index contributed by atoms with van der Waals surface area (Å²) >= 11 is 0. The van der Waals surface area contributed by atoms with Gasteiger partial charge in [-0.3, -0.25) is 5.84 Å². The van der Waals surface area contributed by atoms with Gasteiger partial charge in [0.25, 0.3) is 0 Å². The molecule has 1 heterocycles. The van der Waals surface area contributed by atoms with Crippen LogP contribution in [0, 0.1) is 12.3 Å². The van der Waals surface area contributed by atoms with Crippen LogP contribution in [0.2, 0.25) is 0 Å². The summed E-state index contributed by atoms with van der Waals surface area (Å²) in [6.07, 6.45) is 6.27. The number of terminal acetylenes is 1. The first-order valence-electron chi connectivity index (χ1n) is 4.98. The number of nitrogens with two attached hydrogens (primary N) is 1. The van der Waals surface area contributed by atoms with Crippen molar-refractivity contribution in [1.82, 2.24) is 15.2 Å². The smallest absolute Gasteiger partial charge is 0.0830 e. The molecule has 2 unspecified atom stereocenters. The molecule has 0 aromatic heterocycles. The molecule has 4 nitrogen and oxygen atoms in total. The van der Waals surface area contributed by atoms with Crippen LogP contribution < -0.4 is 11.3 Å². The second-order valence-corrected chi connectivity index (χ2v) is 4.02. The molecule has 0 aromatic rings. The van der Waals surface area contributed by atoms with E-state index in [2.05, 4.69) is 35.2 Å². The molecule has 1 rings (SSSR count). The second kappa shape index (κ2) is 5.32. The summed E-state index contributed by atoms with van der Waals surface area (Å²) in [5.41, 5.74) is 2.65. The maximum Gasteiger partial charge on any atom is 0.0830 e. The molecule has 2 atom stereocenters. The molecule has 1 fully saturated rings. The third-order valence-corrected chi connectivity index (χ3v) is 2.89. The minimum atomic E-state index is -0.0195. The van der Waals surface area contributed by atoms with Crippen molar-refractivity contribution in [1.29, 1.82) is 0 Å². The van der Waals surface area contributed by atoms with E-state index in [-0.39, 0.29) is 6.04 Å². The molecule has 0 radical (unpaired) electrons. The van der Waals surface area contributed by atoms with E-state index < -0.39 is 0 Å². The lowest BCUT2D eigenvalue weighted by Gasteiger charge is -2.38. The molecule has 0 saturated carbocycles. The zero-order chi connectivity index (χ0) is 10.6. The molecule has 0 bridgehead atoms. The van der Waals surface area contributed by atoms with Crippen LogP contribution >= 0.6 is 0 Å². The Labute approximate surface area is 86.4 Å². The number of hydrogen-bond donors (Lipinski definition) is 2. The Morgan fingerprint density at radius 3 is 2.86 bits per heavy atom. The van der Waals surface area contributed by atoms with Crippen LogP contribution in [0.3, 0.4) is 0 Å². The lowest BCUT2D eigenvalue weighted by molar-refractivity contribution is 0.105. The molecular formula is C10H20N4. The highest BCUT2D eigenvalue weighted by molar-refractivity contribution is 5.00. The van der Waals surface area contributed by atoms with Crippen LogP contribution in [0.5, 0.6) is 0 Å². The van der Waals surface area contributed by atoms with E-state index in [0.717, 1.165) is 26.1 Å². The van der Waals surface area contributed by atoms with Gasteiger partial charge in [-0.15, -0.1) is 6.42 Å². The molecule has 0 aromatic carbocycles. The van der Waals surface area contributed by atoms with Crippen LogP contribution in [-0.2, 0) is 0 Å². The van der Waals surface area contributed by atoms with Crippen LogP contribution in [0.15, 0.2) is 0 Å². The predicted octanol–water partition coefficient (Wildman–Crippen LogP) is -0.913. The first-order valence-corrected chi connectivity index (χ1v) is 4.98. The molecule has 3 N–H and O–H groups in total. The topological polar surface area (TPSA) is 44.5 Å². The third kappa shape index (κ3) is 2.96. The highest BCUT2D eigenvalue weighted by Gasteiger charge is 2.23. The summed E-state index contributed by atoms with van der Waals surface area (Å²) in [4.78, 5) is 4.68. The SMILES string of the molecule is C#CC(CC1CN(C)CCN1C)NN. The van der Waals surface area contributed by atoms with Gasteiger partial charge in [-0.2, -0.15) is 0 Å². The maximum atomic E-state index is 5.36. The Morgan fingerprint density at radius 2 is 2.29 bits per heavy atom. The third-order valence-electron chi connectivity index (χ3n) is 2.89. The van der Waals surface area contributed by atoms with Gasteiger partial charge in [0, 0.05) is 25.7 Å². The minimum absolute atomic E-state index is 0.0195. The molecule has 1 aliphatic heterocycles. The molecule has 0 aliphatic carbocycles. The van der Waals surface area contributed by atoms with Gasteiger partial charge in [0.2, 0.25) is 0 Å². The standard InChI is InChI=1S/C10H20N4/c1-4-9(12-11)7-10-8-13(2)5-6-14(10)3/h1,9-10,12H,5-8,11H2,2-3H3. The average Bonchev–Trinajstić information content (AvgIpc) is 2.19. The Hall–Kier alpha value is -0.600. The molecule has 80 valence electrons. The van der Waals surface area contributed by atoms with Crippen molar-refractivity contribution in [3.8, 4) is 12.3 Å². The average molecular weight is 196 g/mol. The predicted molar refractivity (Wildman–Crippen MR) is 58.5 cm³/mol. The number of rotatable bonds is 3. The fraction of sp³-hybridized carbons (Fsp3) is 0.800. The van der Waals surface area contributed by atoms with Crippen molar-refractivity contribution in [3.63, 3.8) is 0 Å². The molecule has 0 amide bonds. The molecule has 1 saturated heterocycles. The van der Waals surface area contributed by atoms with Crippen LogP contribution in [0.25, 0.3) is 0 Å². The van der Waals surface area contributed by atoms with Crippen LogP contribution in [-0.4, -0.2) is 55.6 Å². The quantitative estimate of drug-likeness (QED) is 0.348. The first-order chi connectivity index (χ1) is 6.67. The van der Waals surface area contributed by atoms with Crippen molar-refractivity contribution < 1.29 is 0 Å². The lowest BCUT2D eigenvalue weighted by Crippen LogP contribution is -2.52. The first kappa shape index (κ1) is 11.5. The fourth-order valence-corrected chi connectivity index (χ4v) is 1.81. The summed E-state index contributed by atoms with van der Waals surface area (Å²) in [5, 5.41) is 0. The van der Waals surface area contributed by atoms with E-state index in [1.165, 1.54) is 0 Å². The van der Waals surface area contributed by atoms with E-state index in [1.54, 1.807) is 0 Å². The molecule has 14 heavy (non-hydrogen) atoms. The molecule has 4 heteroatoms. The monoisotopic (exact) mass is 196 g/mol. The van der Waals surface area contributed by atoms with Gasteiger partial charge in [-0.1, -0.05) is 5.92 Å². The summed E-state index contributed by atoms with van der Waals surface area (Å²) in [7, 11) is 4.28. The molecule has 0 spiro atoms. The van der Waals surface area contributed by atoms with E-state index >= 15 is 0 Å². The zero-order valence-electron chi connectivity index (χ0n) is 9.03. The minimum Gasteiger partial charge on any atom is -0.304 e. The number of hydrogen-bond acceptors (Lipinski definition) is 4. The summed E-state index contributed by atoms with van der Waals surface area (Å²) < 4.78 is 0. The van der Waals surface area contributed by atoms with E-state index in [9.17, 15) is 0 Å². The van der Waals surface area contributed by atoms with Gasteiger partial charge in [-0.25, -0.2) is 5.43 Å². The number of hydrazine groups is 1. The Balaban J connectivity index is 2.45. The van der Waals surface area contributed by atoms with E-state index in [1.807, 2.05) is 0 Å². The summed E-state index contributed by atoms with van der Waals surface area (Å²) in [5.74, 6) is 8.01. The van der Waals surface area contributed by atoms with Gasteiger partial charge in [0.1, 0.15) is 0 Å². The number of nitrogens with zero attached hydrogens (tertiary/aromatic N) is 2. The molecule has 1 aliphatic rings. The highest BCUT2D eigenvalue weighted by Crippen LogP contribution is 2.11. The second-order valence-electron chi connectivity index (χ2n) is 4.02. The Morgan fingerprint density at radius 1 is 1.57 bits per heavy atom. The number of nitrogens with one attached hydrogen (secondary N) is 1. The van der Waals surface area contributed by atoms with Gasteiger partial charge < -0.3 is 9.80 Å². The largest absolute Gasteiger partial charge is 0.304 e. The summed E-state index contributed by atoms with van der Waals surface area (Å²) in [6.45, 7) is 3.29. The number of likely N-dealkylation sites (N-methyl/N-ethyl adjacent to an activating group) is 2. The Kier molecular flexibility index (Phi) is 4.36. The van der Waals surface area contributed by atoms with Crippen molar-refractivity contribution >= 4 is 0 Å².